The fourth-order valence-electron chi connectivity index (χ4n) is 8.71. The number of carbonyl (C=O) groups excluding carboxylic acids is 1. The van der Waals surface area contributed by atoms with Crippen molar-refractivity contribution >= 4 is 79.4 Å². The molecule has 0 bridgehead atoms. The predicted molar refractivity (Wildman–Crippen MR) is 179 cm³/mol. The Morgan fingerprint density at radius 2 is 1.82 bits per heavy atom. The van der Waals surface area contributed by atoms with E-state index < -0.39 is 5.60 Å². The van der Waals surface area contributed by atoms with Crippen molar-refractivity contribution in [3.8, 4) is 0 Å². The molecule has 0 spiro atoms. The maximum atomic E-state index is 13.4. The van der Waals surface area contributed by atoms with E-state index in [9.17, 15) is 9.90 Å². The van der Waals surface area contributed by atoms with E-state index in [1.54, 1.807) is 0 Å². The second-order valence-corrected chi connectivity index (χ2v) is 16.6. The third kappa shape index (κ3) is 4.90. The number of carbonyl (C=O) groups is 1. The summed E-state index contributed by atoms with van der Waals surface area (Å²) in [6, 6.07) is 2.11. The molecular formula is C31H42I3NO3. The Morgan fingerprint density at radius 3 is 2.53 bits per heavy atom. The van der Waals surface area contributed by atoms with Crippen LogP contribution in [-0.2, 0) is 16.0 Å². The van der Waals surface area contributed by atoms with Gasteiger partial charge in [-0.3, -0.25) is 4.79 Å². The van der Waals surface area contributed by atoms with Crippen LogP contribution in [0.4, 0.5) is 5.69 Å². The van der Waals surface area contributed by atoms with Crippen LogP contribution in [0.2, 0.25) is 0 Å². The van der Waals surface area contributed by atoms with E-state index in [4.69, 9.17) is 10.5 Å². The first kappa shape index (κ1) is 29.9. The standard InChI is InChI=1S/C31H42I3NO3/c1-5-17(14-21-24(32)16-25(33)27(35)26(21)34)28(36)38-19-8-11-29(2)18(15-19)6-7-20-22(29)9-12-30(3)23(20)10-13-31(30,4)37/h6,16-17,19-20,22-23,37H,5,7-15,35H2,1-4H3/t17?,19-,20?,22?,23?,29-,30-,31-/m0/s1. The SMILES string of the molecule is CCC(Cc1c(I)cc(I)c(N)c1I)C(=O)O[C@H]1CC[C@@]2(C)C(=CCC3C2CC[C@@]2(C)C3CC[C@]2(C)O)C1. The normalized spacial score (nSPS) is 39.0. The van der Waals surface area contributed by atoms with Crippen LogP contribution in [0, 0.1) is 45.2 Å². The minimum atomic E-state index is -0.532. The molecule has 4 aliphatic rings. The molecule has 8 atom stereocenters. The fraction of sp³-hybridized carbons (Fsp3) is 0.710. The highest BCUT2D eigenvalue weighted by Gasteiger charge is 2.62. The quantitative estimate of drug-likeness (QED) is 0.136. The lowest BCUT2D eigenvalue weighted by Gasteiger charge is -2.58. The van der Waals surface area contributed by atoms with Gasteiger partial charge in [0.05, 0.1) is 17.2 Å². The third-order valence-electron chi connectivity index (χ3n) is 11.5. The minimum absolute atomic E-state index is 0.0200. The van der Waals surface area contributed by atoms with Crippen LogP contribution in [-0.4, -0.2) is 22.8 Å². The summed E-state index contributed by atoms with van der Waals surface area (Å²) in [5.41, 5.74) is 9.54. The molecule has 0 heterocycles. The number of nitrogen functional groups attached to an aromatic ring is 1. The van der Waals surface area contributed by atoms with Gasteiger partial charge in [0.25, 0.3) is 0 Å². The zero-order valence-corrected chi connectivity index (χ0v) is 29.6. The van der Waals surface area contributed by atoms with Crippen molar-refractivity contribution in [1.82, 2.24) is 0 Å². The van der Waals surface area contributed by atoms with Crippen molar-refractivity contribution in [3.05, 3.63) is 34.0 Å². The van der Waals surface area contributed by atoms with Crippen molar-refractivity contribution in [3.63, 3.8) is 0 Å². The number of ether oxygens (including phenoxy) is 1. The Kier molecular flexibility index (Phi) is 8.56. The van der Waals surface area contributed by atoms with Crippen molar-refractivity contribution in [2.24, 2.45) is 34.5 Å². The van der Waals surface area contributed by atoms with E-state index >= 15 is 0 Å². The third-order valence-corrected chi connectivity index (χ3v) is 14.6. The van der Waals surface area contributed by atoms with Crippen LogP contribution in [0.25, 0.3) is 0 Å². The van der Waals surface area contributed by atoms with Gasteiger partial charge in [-0.1, -0.05) is 32.4 Å². The molecule has 3 saturated carbocycles. The van der Waals surface area contributed by atoms with Crippen LogP contribution < -0.4 is 5.73 Å². The summed E-state index contributed by atoms with van der Waals surface area (Å²) >= 11 is 6.97. The smallest absolute Gasteiger partial charge is 0.309 e. The maximum Gasteiger partial charge on any atom is 0.309 e. The van der Waals surface area contributed by atoms with E-state index in [2.05, 4.69) is 108 Å². The number of halogens is 3. The summed E-state index contributed by atoms with van der Waals surface area (Å²) in [6.45, 7) is 9.01. The highest BCUT2D eigenvalue weighted by Crippen LogP contribution is 2.67. The fourth-order valence-corrected chi connectivity index (χ4v) is 12.5. The summed E-state index contributed by atoms with van der Waals surface area (Å²) in [4.78, 5) is 13.4. The van der Waals surface area contributed by atoms with Crippen molar-refractivity contribution < 1.29 is 14.6 Å². The molecule has 0 amide bonds. The molecule has 4 nitrogen and oxygen atoms in total. The Hall–Kier alpha value is 0.380. The number of nitrogens with two attached hydrogens (primary N) is 1. The van der Waals surface area contributed by atoms with Gasteiger partial charge < -0.3 is 15.6 Å². The molecule has 210 valence electrons. The Morgan fingerprint density at radius 1 is 1.11 bits per heavy atom. The molecule has 0 aromatic heterocycles. The number of aliphatic hydroxyl groups is 1. The molecule has 1 aromatic rings. The molecule has 3 N–H and O–H groups in total. The van der Waals surface area contributed by atoms with Crippen LogP contribution in [0.5, 0.6) is 0 Å². The molecule has 0 aliphatic heterocycles. The number of anilines is 1. The van der Waals surface area contributed by atoms with Crippen LogP contribution in [0.15, 0.2) is 17.7 Å². The number of benzene rings is 1. The van der Waals surface area contributed by atoms with Gasteiger partial charge in [-0.15, -0.1) is 0 Å². The molecule has 5 rings (SSSR count). The lowest BCUT2D eigenvalue weighted by Crippen LogP contribution is -2.53. The van der Waals surface area contributed by atoms with Gasteiger partial charge in [0.2, 0.25) is 0 Å². The number of rotatable bonds is 5. The molecule has 4 unspecified atom stereocenters. The largest absolute Gasteiger partial charge is 0.462 e. The summed E-state index contributed by atoms with van der Waals surface area (Å²) in [6.07, 6.45) is 12.4. The van der Waals surface area contributed by atoms with E-state index in [0.717, 1.165) is 64.2 Å². The van der Waals surface area contributed by atoms with E-state index in [1.807, 2.05) is 0 Å². The first-order valence-corrected chi connectivity index (χ1v) is 17.6. The van der Waals surface area contributed by atoms with Gasteiger partial charge in [0.15, 0.2) is 0 Å². The summed E-state index contributed by atoms with van der Waals surface area (Å²) < 4.78 is 9.53. The Balaban J connectivity index is 1.27. The molecule has 3 fully saturated rings. The van der Waals surface area contributed by atoms with Gasteiger partial charge in [0, 0.05) is 17.1 Å². The highest BCUT2D eigenvalue weighted by molar-refractivity contribution is 14.1. The van der Waals surface area contributed by atoms with Gasteiger partial charge in [-0.2, -0.15) is 0 Å². The minimum Gasteiger partial charge on any atom is -0.462 e. The summed E-state index contributed by atoms with van der Waals surface area (Å²) in [5, 5.41) is 11.2. The zero-order valence-electron chi connectivity index (χ0n) is 23.1. The molecule has 0 radical (unpaired) electrons. The lowest BCUT2D eigenvalue weighted by molar-refractivity contribution is -0.157. The molecular weight excluding hydrogens is 815 g/mol. The topological polar surface area (TPSA) is 72.6 Å². The van der Waals surface area contributed by atoms with E-state index in [0.29, 0.717) is 24.2 Å². The average Bonchev–Trinajstić information content (AvgIpc) is 3.11. The van der Waals surface area contributed by atoms with E-state index in [1.165, 1.54) is 21.1 Å². The van der Waals surface area contributed by atoms with Crippen molar-refractivity contribution in [2.75, 3.05) is 5.73 Å². The van der Waals surface area contributed by atoms with E-state index in [-0.39, 0.29) is 28.8 Å². The highest BCUT2D eigenvalue weighted by atomic mass is 127. The molecule has 4 aliphatic carbocycles. The maximum absolute atomic E-state index is 13.4. The molecule has 38 heavy (non-hydrogen) atoms. The Bertz CT molecular complexity index is 1150. The second-order valence-electron chi connectivity index (χ2n) is 13.2. The van der Waals surface area contributed by atoms with Crippen molar-refractivity contribution in [1.29, 1.82) is 0 Å². The zero-order chi connectivity index (χ0) is 27.6. The summed E-state index contributed by atoms with van der Waals surface area (Å²) in [7, 11) is 0. The predicted octanol–water partition coefficient (Wildman–Crippen LogP) is 8.28. The van der Waals surface area contributed by atoms with Crippen LogP contribution in [0.3, 0.4) is 0 Å². The van der Waals surface area contributed by atoms with Gasteiger partial charge in [0.1, 0.15) is 6.10 Å². The number of hydrogen-bond donors (Lipinski definition) is 2. The average molecular weight is 857 g/mol. The van der Waals surface area contributed by atoms with Crippen LogP contribution >= 0.6 is 67.8 Å². The summed E-state index contributed by atoms with van der Waals surface area (Å²) in [5.74, 6) is 1.77. The van der Waals surface area contributed by atoms with Gasteiger partial charge >= 0.3 is 5.97 Å². The van der Waals surface area contributed by atoms with Crippen LogP contribution in [0.1, 0.15) is 91.0 Å². The first-order chi connectivity index (χ1) is 17.8. The van der Waals surface area contributed by atoms with Gasteiger partial charge in [-0.25, -0.2) is 0 Å². The molecule has 0 saturated heterocycles. The number of allylic oxidation sites excluding steroid dienone is 1. The molecule has 7 heteroatoms. The second kappa shape index (κ2) is 10.9. The van der Waals surface area contributed by atoms with Crippen molar-refractivity contribution in [2.45, 2.75) is 104 Å². The number of esters is 1. The number of fused-ring (bicyclic) bond motifs is 5. The number of hydrogen-bond acceptors (Lipinski definition) is 4. The Labute approximate surface area is 269 Å². The van der Waals surface area contributed by atoms with Gasteiger partial charge in [-0.05, 0) is 173 Å². The monoisotopic (exact) mass is 857 g/mol. The first-order valence-electron chi connectivity index (χ1n) is 14.4. The lowest BCUT2D eigenvalue weighted by atomic mass is 9.47. The molecule has 1 aromatic carbocycles.